The predicted molar refractivity (Wildman–Crippen MR) is 113 cm³/mol. The van der Waals surface area contributed by atoms with E-state index in [1.54, 1.807) is 13.8 Å². The Balaban J connectivity index is 1.88. The van der Waals surface area contributed by atoms with Gasteiger partial charge in [0, 0.05) is 17.8 Å². The van der Waals surface area contributed by atoms with Gasteiger partial charge >= 0.3 is 12.4 Å². The first-order chi connectivity index (χ1) is 16.2. The molecular weight excluding hydrogens is 478 g/mol. The number of fused-ring (bicyclic) bond motifs is 1. The standard InChI is InChI=1S/C21H18F6N8/c1-10(2)35-17(28)13(21(25,26)27)3-6-19(35,29)11-4-7-30-18-16(11)31-9-14(33-18)15-12(20(22,23)24)5-8-32-34-15/h3-10H,28-29H2,1-2H3. The Bertz CT molecular complexity index is 1350. The molecule has 3 aromatic rings. The molecule has 35 heavy (non-hydrogen) atoms. The highest BCUT2D eigenvalue weighted by Gasteiger charge is 2.45. The molecule has 1 aliphatic heterocycles. The predicted octanol–water partition coefficient (Wildman–Crippen LogP) is 3.62. The molecular formula is C21H18F6N8. The first-order valence-electron chi connectivity index (χ1n) is 10.1. The number of nitrogens with zero attached hydrogens (tertiary/aromatic N) is 6. The largest absolute Gasteiger partial charge is 0.419 e. The van der Waals surface area contributed by atoms with E-state index in [1.807, 2.05) is 0 Å². The van der Waals surface area contributed by atoms with Gasteiger partial charge in [-0.15, -0.1) is 5.10 Å². The van der Waals surface area contributed by atoms with Gasteiger partial charge in [-0.2, -0.15) is 31.4 Å². The first-order valence-corrected chi connectivity index (χ1v) is 10.1. The molecule has 0 amide bonds. The van der Waals surface area contributed by atoms with Crippen molar-refractivity contribution in [1.29, 1.82) is 0 Å². The highest BCUT2D eigenvalue weighted by molar-refractivity contribution is 5.78. The number of hydrogen-bond donors (Lipinski definition) is 2. The number of alkyl halides is 6. The van der Waals surface area contributed by atoms with Crippen LogP contribution < -0.4 is 11.5 Å². The second kappa shape index (κ2) is 8.15. The molecule has 1 atom stereocenters. The summed E-state index contributed by atoms with van der Waals surface area (Å²) in [5.74, 6) is -0.582. The molecule has 0 aromatic carbocycles. The van der Waals surface area contributed by atoms with Crippen LogP contribution in [0.25, 0.3) is 22.6 Å². The maximum atomic E-state index is 13.5. The van der Waals surface area contributed by atoms with Crippen LogP contribution in [-0.4, -0.2) is 42.3 Å². The molecule has 0 bridgehead atoms. The van der Waals surface area contributed by atoms with Crippen molar-refractivity contribution < 1.29 is 26.3 Å². The van der Waals surface area contributed by atoms with Crippen LogP contribution in [0, 0.1) is 0 Å². The molecule has 14 heteroatoms. The minimum Gasteiger partial charge on any atom is -0.385 e. The average molecular weight is 496 g/mol. The maximum absolute atomic E-state index is 13.5. The zero-order valence-electron chi connectivity index (χ0n) is 18.2. The van der Waals surface area contributed by atoms with Crippen molar-refractivity contribution >= 4 is 11.2 Å². The van der Waals surface area contributed by atoms with E-state index in [-0.39, 0.29) is 22.4 Å². The van der Waals surface area contributed by atoms with Crippen molar-refractivity contribution in [2.45, 2.75) is 37.9 Å². The van der Waals surface area contributed by atoms with Crippen molar-refractivity contribution in [2.75, 3.05) is 0 Å². The molecule has 4 rings (SSSR count). The van der Waals surface area contributed by atoms with Crippen molar-refractivity contribution in [3.8, 4) is 11.4 Å². The van der Waals surface area contributed by atoms with Gasteiger partial charge in [0.05, 0.1) is 23.5 Å². The number of aromatic nitrogens is 5. The second-order valence-electron chi connectivity index (χ2n) is 8.00. The third kappa shape index (κ3) is 4.13. The van der Waals surface area contributed by atoms with Crippen LogP contribution in [0.15, 0.2) is 54.3 Å². The smallest absolute Gasteiger partial charge is 0.385 e. The molecule has 1 unspecified atom stereocenters. The Morgan fingerprint density at radius 3 is 2.34 bits per heavy atom. The fraction of sp³-hybridized carbons (Fsp3) is 0.286. The van der Waals surface area contributed by atoms with E-state index in [0.717, 1.165) is 30.6 Å². The van der Waals surface area contributed by atoms with Gasteiger partial charge in [0.1, 0.15) is 28.4 Å². The van der Waals surface area contributed by atoms with Gasteiger partial charge in [-0.25, -0.2) is 9.97 Å². The van der Waals surface area contributed by atoms with Gasteiger partial charge in [0.15, 0.2) is 5.65 Å². The van der Waals surface area contributed by atoms with Crippen LogP contribution in [0.5, 0.6) is 0 Å². The van der Waals surface area contributed by atoms with Gasteiger partial charge in [-0.1, -0.05) is 0 Å². The van der Waals surface area contributed by atoms with Crippen LogP contribution in [0.4, 0.5) is 26.3 Å². The van der Waals surface area contributed by atoms with E-state index >= 15 is 0 Å². The number of halogens is 6. The molecule has 0 radical (unpaired) electrons. The summed E-state index contributed by atoms with van der Waals surface area (Å²) in [5.41, 5.74) is 8.09. The summed E-state index contributed by atoms with van der Waals surface area (Å²) in [6, 6.07) is 1.62. The normalized spacial score (nSPS) is 19.2. The lowest BCUT2D eigenvalue weighted by Crippen LogP contribution is -2.57. The fourth-order valence-electron chi connectivity index (χ4n) is 3.98. The van der Waals surface area contributed by atoms with Crippen LogP contribution in [0.1, 0.15) is 25.0 Å². The number of allylic oxidation sites excluding steroid dienone is 2. The summed E-state index contributed by atoms with van der Waals surface area (Å²) < 4.78 is 80.7. The lowest BCUT2D eigenvalue weighted by atomic mass is 9.91. The van der Waals surface area contributed by atoms with Crippen LogP contribution >= 0.6 is 0 Å². The van der Waals surface area contributed by atoms with E-state index in [2.05, 4.69) is 25.1 Å². The summed E-state index contributed by atoms with van der Waals surface area (Å²) in [6.45, 7) is 3.23. The summed E-state index contributed by atoms with van der Waals surface area (Å²) in [5, 5.41) is 7.05. The molecule has 0 fully saturated rings. The molecule has 1 aliphatic rings. The van der Waals surface area contributed by atoms with Crippen molar-refractivity contribution in [2.24, 2.45) is 11.5 Å². The zero-order chi connectivity index (χ0) is 25.8. The minimum absolute atomic E-state index is 0.0646. The van der Waals surface area contributed by atoms with E-state index in [9.17, 15) is 26.3 Å². The monoisotopic (exact) mass is 496 g/mol. The van der Waals surface area contributed by atoms with Crippen LogP contribution in [0.3, 0.4) is 0 Å². The maximum Gasteiger partial charge on any atom is 0.419 e. The lowest BCUT2D eigenvalue weighted by molar-refractivity contribution is -0.137. The third-order valence-electron chi connectivity index (χ3n) is 5.41. The van der Waals surface area contributed by atoms with E-state index in [1.165, 1.54) is 17.2 Å². The van der Waals surface area contributed by atoms with Gasteiger partial charge in [0.2, 0.25) is 0 Å². The Hall–Kier alpha value is -3.81. The van der Waals surface area contributed by atoms with Gasteiger partial charge in [0.25, 0.3) is 0 Å². The first kappa shape index (κ1) is 24.3. The summed E-state index contributed by atoms with van der Waals surface area (Å²) in [4.78, 5) is 13.6. The molecule has 184 valence electrons. The molecule has 8 nitrogen and oxygen atoms in total. The summed E-state index contributed by atoms with van der Waals surface area (Å²) in [6.07, 6.45) is -4.28. The van der Waals surface area contributed by atoms with E-state index < -0.39 is 46.7 Å². The molecule has 4 heterocycles. The SMILES string of the molecule is CC(C)N1C(N)=C(C(F)(F)F)C=CC1(N)c1ccnc2nc(-c3nnccc3C(F)(F)F)cnc12. The van der Waals surface area contributed by atoms with Crippen molar-refractivity contribution in [3.05, 3.63) is 65.4 Å². The minimum atomic E-state index is -4.72. The highest BCUT2D eigenvalue weighted by Crippen LogP contribution is 2.41. The Morgan fingerprint density at radius 2 is 1.71 bits per heavy atom. The van der Waals surface area contributed by atoms with Crippen LogP contribution in [-0.2, 0) is 11.8 Å². The molecule has 0 saturated carbocycles. The molecule has 0 spiro atoms. The molecule has 0 saturated heterocycles. The molecule has 4 N–H and O–H groups in total. The number of hydrogen-bond acceptors (Lipinski definition) is 8. The number of pyridine rings is 1. The summed E-state index contributed by atoms with van der Waals surface area (Å²) in [7, 11) is 0. The second-order valence-corrected chi connectivity index (χ2v) is 8.00. The van der Waals surface area contributed by atoms with Gasteiger partial charge < -0.3 is 16.4 Å². The Labute approximate surface area is 194 Å². The fourth-order valence-corrected chi connectivity index (χ4v) is 3.98. The van der Waals surface area contributed by atoms with Crippen molar-refractivity contribution in [1.82, 2.24) is 30.0 Å². The van der Waals surface area contributed by atoms with Crippen molar-refractivity contribution in [3.63, 3.8) is 0 Å². The topological polar surface area (TPSA) is 120 Å². The third-order valence-corrected chi connectivity index (χ3v) is 5.41. The quantitative estimate of drug-likeness (QED) is 0.528. The summed E-state index contributed by atoms with van der Waals surface area (Å²) >= 11 is 0. The van der Waals surface area contributed by atoms with E-state index in [4.69, 9.17) is 11.5 Å². The van der Waals surface area contributed by atoms with E-state index in [0.29, 0.717) is 0 Å². The average Bonchev–Trinajstić information content (AvgIpc) is 2.76. The van der Waals surface area contributed by atoms with Gasteiger partial charge in [-0.3, -0.25) is 4.98 Å². The Morgan fingerprint density at radius 1 is 1.00 bits per heavy atom. The number of nitrogens with two attached hydrogens (primary N) is 2. The zero-order valence-corrected chi connectivity index (χ0v) is 18.2. The molecule has 0 aliphatic carbocycles. The highest BCUT2D eigenvalue weighted by atomic mass is 19.4. The number of rotatable bonds is 3. The van der Waals surface area contributed by atoms with Crippen LogP contribution in [0.2, 0.25) is 0 Å². The Kier molecular flexibility index (Phi) is 5.66. The lowest BCUT2D eigenvalue weighted by Gasteiger charge is -2.46. The molecule has 3 aromatic heterocycles. The van der Waals surface area contributed by atoms with Gasteiger partial charge in [-0.05, 0) is 38.1 Å².